The third-order valence-electron chi connectivity index (χ3n) is 4.53. The molecule has 0 aliphatic heterocycles. The zero-order chi connectivity index (χ0) is 24.4. The number of carbonyl (C=O) groups excluding carboxylic acids is 2. The molecule has 174 valence electrons. The number of terminal acetylenes is 1. The van der Waals surface area contributed by atoms with Gasteiger partial charge in [-0.1, -0.05) is 19.8 Å². The molecule has 8 nitrogen and oxygen atoms in total. The first-order valence-electron chi connectivity index (χ1n) is 10.0. The Morgan fingerprint density at radius 1 is 1.15 bits per heavy atom. The van der Waals surface area contributed by atoms with E-state index in [9.17, 15) is 9.59 Å². The van der Waals surface area contributed by atoms with Crippen LogP contribution in [0.2, 0.25) is 0 Å². The lowest BCUT2D eigenvalue weighted by atomic mass is 9.94. The van der Waals surface area contributed by atoms with Crippen molar-refractivity contribution >= 4 is 46.3 Å². The first-order valence-corrected chi connectivity index (χ1v) is 11.1. The Bertz CT molecular complexity index is 1050. The topological polar surface area (TPSA) is 98.2 Å². The van der Waals surface area contributed by atoms with Crippen LogP contribution in [0.3, 0.4) is 0 Å². The number of ether oxygens (including phenoxy) is 3. The Kier molecular flexibility index (Phi) is 10.00. The third kappa shape index (κ3) is 7.39. The maximum atomic E-state index is 12.7. The highest BCUT2D eigenvalue weighted by atomic mass is 127. The van der Waals surface area contributed by atoms with Crippen molar-refractivity contribution in [1.82, 2.24) is 5.43 Å². The molecule has 0 saturated heterocycles. The highest BCUT2D eigenvalue weighted by molar-refractivity contribution is 14.1. The molecule has 0 aliphatic carbocycles. The number of anilines is 1. The average molecular weight is 563 g/mol. The monoisotopic (exact) mass is 563 g/mol. The van der Waals surface area contributed by atoms with Crippen LogP contribution in [-0.4, -0.2) is 38.9 Å². The molecule has 0 bridgehead atoms. The average Bonchev–Trinajstić information content (AvgIpc) is 2.78. The van der Waals surface area contributed by atoms with Gasteiger partial charge in [0, 0.05) is 5.69 Å². The van der Waals surface area contributed by atoms with Gasteiger partial charge in [-0.05, 0) is 70.5 Å². The highest BCUT2D eigenvalue weighted by Crippen LogP contribution is 2.33. The van der Waals surface area contributed by atoms with E-state index in [0.717, 1.165) is 3.57 Å². The molecule has 0 spiro atoms. The van der Waals surface area contributed by atoms with Crippen LogP contribution in [0.5, 0.6) is 17.2 Å². The smallest absolute Gasteiger partial charge is 0.252 e. The van der Waals surface area contributed by atoms with E-state index >= 15 is 0 Å². The summed E-state index contributed by atoms with van der Waals surface area (Å²) in [5, 5.41) is 6.77. The number of nitrogens with zero attached hydrogens (tertiary/aromatic N) is 1. The molecule has 2 rings (SSSR count). The van der Waals surface area contributed by atoms with E-state index in [1.807, 2.05) is 0 Å². The summed E-state index contributed by atoms with van der Waals surface area (Å²) in [6, 6.07) is 10.4. The van der Waals surface area contributed by atoms with E-state index in [-0.39, 0.29) is 12.5 Å². The van der Waals surface area contributed by atoms with Crippen LogP contribution in [-0.2, 0) is 9.59 Å². The minimum absolute atomic E-state index is 0.116. The summed E-state index contributed by atoms with van der Waals surface area (Å²) in [5.74, 6) is 2.00. The Morgan fingerprint density at radius 2 is 1.85 bits per heavy atom. The molecule has 0 aliphatic rings. The first kappa shape index (κ1) is 26.0. The van der Waals surface area contributed by atoms with Crippen molar-refractivity contribution in [1.29, 1.82) is 0 Å². The van der Waals surface area contributed by atoms with Crippen molar-refractivity contribution < 1.29 is 23.8 Å². The summed E-state index contributed by atoms with van der Waals surface area (Å²) < 4.78 is 16.8. The standard InChI is InChI=1S/C24H26IN3O5/c1-6-11-33-22-19(25)12-16(13-20(22)32-5)14-26-28-24(30)21(15(2)3)23(29)27-17-7-9-18(31-4)10-8-17/h1,7-10,12-15,21H,11H2,2-5H3,(H,27,29)(H,28,30). The summed E-state index contributed by atoms with van der Waals surface area (Å²) in [6.07, 6.45) is 6.71. The van der Waals surface area contributed by atoms with Gasteiger partial charge < -0.3 is 19.5 Å². The molecule has 2 N–H and O–H groups in total. The Labute approximate surface area is 207 Å². The summed E-state index contributed by atoms with van der Waals surface area (Å²) in [4.78, 5) is 25.4. The number of halogens is 1. The second-order valence-corrected chi connectivity index (χ2v) is 8.36. The summed E-state index contributed by atoms with van der Waals surface area (Å²) >= 11 is 2.10. The van der Waals surface area contributed by atoms with Gasteiger partial charge in [0.2, 0.25) is 5.91 Å². The Balaban J connectivity index is 2.08. The molecule has 33 heavy (non-hydrogen) atoms. The largest absolute Gasteiger partial charge is 0.497 e. The molecule has 9 heteroatoms. The van der Waals surface area contributed by atoms with Gasteiger partial charge in [-0.15, -0.1) is 6.42 Å². The van der Waals surface area contributed by atoms with Crippen molar-refractivity contribution in [2.75, 3.05) is 26.1 Å². The molecule has 2 amide bonds. The molecule has 1 unspecified atom stereocenters. The number of benzene rings is 2. The van der Waals surface area contributed by atoms with Crippen LogP contribution in [0.15, 0.2) is 41.5 Å². The minimum Gasteiger partial charge on any atom is -0.497 e. The fourth-order valence-corrected chi connectivity index (χ4v) is 3.71. The Hall–Kier alpha value is -3.26. The normalized spacial score (nSPS) is 11.5. The fraction of sp³-hybridized carbons (Fsp3) is 0.292. The van der Waals surface area contributed by atoms with Crippen LogP contribution < -0.4 is 25.0 Å². The van der Waals surface area contributed by atoms with Gasteiger partial charge >= 0.3 is 0 Å². The second-order valence-electron chi connectivity index (χ2n) is 7.20. The lowest BCUT2D eigenvalue weighted by Gasteiger charge is -2.18. The van der Waals surface area contributed by atoms with Gasteiger partial charge in [0.1, 0.15) is 18.3 Å². The maximum Gasteiger partial charge on any atom is 0.252 e. The summed E-state index contributed by atoms with van der Waals surface area (Å²) in [5.41, 5.74) is 3.69. The molecule has 2 aromatic rings. The molecule has 0 saturated carbocycles. The van der Waals surface area contributed by atoms with Crippen molar-refractivity contribution in [3.63, 3.8) is 0 Å². The van der Waals surface area contributed by atoms with Crippen LogP contribution in [0.4, 0.5) is 5.69 Å². The van der Waals surface area contributed by atoms with Gasteiger partial charge in [0.15, 0.2) is 11.5 Å². The number of carbonyl (C=O) groups is 2. The predicted molar refractivity (Wildman–Crippen MR) is 136 cm³/mol. The minimum atomic E-state index is -0.932. The summed E-state index contributed by atoms with van der Waals surface area (Å²) in [7, 11) is 3.08. The molecule has 0 fully saturated rings. The van der Waals surface area contributed by atoms with Gasteiger partial charge in [0.05, 0.1) is 24.0 Å². The third-order valence-corrected chi connectivity index (χ3v) is 5.33. The molecule has 0 radical (unpaired) electrons. The van der Waals surface area contributed by atoms with Crippen LogP contribution in [0.25, 0.3) is 0 Å². The number of hydrogen-bond acceptors (Lipinski definition) is 6. The van der Waals surface area contributed by atoms with Gasteiger partial charge in [-0.25, -0.2) is 5.43 Å². The van der Waals surface area contributed by atoms with Gasteiger partial charge in [0.25, 0.3) is 5.91 Å². The number of rotatable bonds is 10. The van der Waals surface area contributed by atoms with Crippen molar-refractivity contribution in [2.45, 2.75) is 13.8 Å². The van der Waals surface area contributed by atoms with Crippen molar-refractivity contribution in [3.05, 3.63) is 45.5 Å². The predicted octanol–water partition coefficient (Wildman–Crippen LogP) is 3.68. The number of hydrogen-bond donors (Lipinski definition) is 2. The van der Waals surface area contributed by atoms with E-state index in [0.29, 0.717) is 28.5 Å². The van der Waals surface area contributed by atoms with Gasteiger partial charge in [-0.2, -0.15) is 5.10 Å². The lowest BCUT2D eigenvalue weighted by molar-refractivity contribution is -0.134. The SMILES string of the molecule is C#CCOc1c(I)cc(C=NNC(=O)C(C(=O)Nc2ccc(OC)cc2)C(C)C)cc1OC. The maximum absolute atomic E-state index is 12.7. The van der Waals surface area contributed by atoms with Crippen LogP contribution in [0.1, 0.15) is 19.4 Å². The van der Waals surface area contributed by atoms with E-state index in [1.54, 1.807) is 57.4 Å². The Morgan fingerprint density at radius 3 is 2.42 bits per heavy atom. The molecule has 1 atom stereocenters. The molecule has 0 aromatic heterocycles. The van der Waals surface area contributed by atoms with E-state index in [2.05, 4.69) is 44.4 Å². The number of nitrogens with one attached hydrogen (secondary N) is 2. The van der Waals surface area contributed by atoms with Crippen LogP contribution >= 0.6 is 22.6 Å². The number of hydrazone groups is 1. The second kappa shape index (κ2) is 12.7. The van der Waals surface area contributed by atoms with Crippen molar-refractivity contribution in [2.24, 2.45) is 16.9 Å². The fourth-order valence-electron chi connectivity index (χ4n) is 2.93. The summed E-state index contributed by atoms with van der Waals surface area (Å²) in [6.45, 7) is 3.71. The highest BCUT2D eigenvalue weighted by Gasteiger charge is 2.30. The van der Waals surface area contributed by atoms with Crippen molar-refractivity contribution in [3.8, 4) is 29.6 Å². The van der Waals surface area contributed by atoms with E-state index < -0.39 is 17.7 Å². The number of amides is 2. The number of methoxy groups -OCH3 is 2. The van der Waals surface area contributed by atoms with Crippen LogP contribution in [0, 0.1) is 27.7 Å². The van der Waals surface area contributed by atoms with E-state index in [1.165, 1.54) is 13.3 Å². The molecule has 2 aromatic carbocycles. The first-order chi connectivity index (χ1) is 15.8. The zero-order valence-electron chi connectivity index (χ0n) is 18.8. The molecule has 0 heterocycles. The lowest BCUT2D eigenvalue weighted by Crippen LogP contribution is -2.39. The van der Waals surface area contributed by atoms with Gasteiger partial charge in [-0.3, -0.25) is 9.59 Å². The molecular formula is C24H26IN3O5. The zero-order valence-corrected chi connectivity index (χ0v) is 21.0. The molecular weight excluding hydrogens is 537 g/mol. The van der Waals surface area contributed by atoms with E-state index in [4.69, 9.17) is 20.6 Å². The quantitative estimate of drug-likeness (QED) is 0.151.